The van der Waals surface area contributed by atoms with Gasteiger partial charge in [0.2, 0.25) is 0 Å². The molecule has 0 bridgehead atoms. The molecule has 1 atom stereocenters. The predicted molar refractivity (Wildman–Crippen MR) is 87.7 cm³/mol. The lowest BCUT2D eigenvalue weighted by Gasteiger charge is -2.41. The maximum Gasteiger partial charge on any atom is 0.154 e. The van der Waals surface area contributed by atoms with E-state index in [4.69, 9.17) is 17.3 Å². The van der Waals surface area contributed by atoms with Crippen LogP contribution in [0.3, 0.4) is 0 Å². The van der Waals surface area contributed by atoms with E-state index in [0.717, 1.165) is 25.5 Å². The average Bonchev–Trinajstić information content (AvgIpc) is 2.51. The topological polar surface area (TPSA) is 45.4 Å². The first-order chi connectivity index (χ1) is 10.1. The van der Waals surface area contributed by atoms with Crippen molar-refractivity contribution >= 4 is 23.1 Å². The minimum absolute atomic E-state index is 0.234. The molecular weight excluding hydrogens is 284 g/mol. The van der Waals surface area contributed by atoms with Gasteiger partial charge in [-0.05, 0) is 24.7 Å². The number of nitrogens with two attached hydrogens (primary N) is 1. The third-order valence-corrected chi connectivity index (χ3v) is 4.12. The molecule has 0 aliphatic carbocycles. The second-order valence-electron chi connectivity index (χ2n) is 5.43. The molecule has 0 amide bonds. The molecule has 1 fully saturated rings. The molecule has 2 heterocycles. The number of aromatic nitrogens is 1. The maximum absolute atomic E-state index is 6.12. The molecule has 3 rings (SSSR count). The van der Waals surface area contributed by atoms with Gasteiger partial charge in [-0.1, -0.05) is 41.9 Å². The molecule has 21 heavy (non-hydrogen) atoms. The Hall–Kier alpha value is -1.78. The molecule has 0 radical (unpaired) electrons. The summed E-state index contributed by atoms with van der Waals surface area (Å²) in [5.74, 6) is 0.782. The van der Waals surface area contributed by atoms with Gasteiger partial charge in [-0.25, -0.2) is 4.98 Å². The standard InChI is InChI=1S/C16H19ClN4/c1-20-9-10-21(16-13(18)7-8-15(17)19-16)14(11-20)12-5-3-2-4-6-12/h2-8,14H,9-11,18H2,1H3. The van der Waals surface area contributed by atoms with E-state index in [1.807, 2.05) is 12.1 Å². The van der Waals surface area contributed by atoms with Gasteiger partial charge >= 0.3 is 0 Å². The zero-order chi connectivity index (χ0) is 14.8. The van der Waals surface area contributed by atoms with Crippen LogP contribution in [0.2, 0.25) is 5.15 Å². The van der Waals surface area contributed by atoms with E-state index in [-0.39, 0.29) is 6.04 Å². The SMILES string of the molecule is CN1CCN(c2nc(Cl)ccc2N)C(c2ccccc2)C1. The quantitative estimate of drug-likeness (QED) is 0.867. The molecule has 110 valence electrons. The molecule has 2 aromatic rings. The van der Waals surface area contributed by atoms with Gasteiger partial charge < -0.3 is 15.5 Å². The Labute approximate surface area is 130 Å². The lowest BCUT2D eigenvalue weighted by Crippen LogP contribution is -2.47. The van der Waals surface area contributed by atoms with Crippen LogP contribution in [0.25, 0.3) is 0 Å². The highest BCUT2D eigenvalue weighted by molar-refractivity contribution is 6.29. The Bertz CT molecular complexity index is 617. The largest absolute Gasteiger partial charge is 0.396 e. The Kier molecular flexibility index (Phi) is 3.99. The molecule has 2 N–H and O–H groups in total. The number of halogens is 1. The van der Waals surface area contributed by atoms with E-state index >= 15 is 0 Å². The highest BCUT2D eigenvalue weighted by Gasteiger charge is 2.28. The smallest absolute Gasteiger partial charge is 0.154 e. The van der Waals surface area contributed by atoms with Crippen molar-refractivity contribution in [3.8, 4) is 0 Å². The van der Waals surface area contributed by atoms with E-state index in [0.29, 0.717) is 10.8 Å². The Balaban J connectivity index is 2.00. The summed E-state index contributed by atoms with van der Waals surface area (Å²) in [7, 11) is 2.14. The molecule has 1 aromatic carbocycles. The molecule has 4 nitrogen and oxygen atoms in total. The van der Waals surface area contributed by atoms with Crippen LogP contribution >= 0.6 is 11.6 Å². The first-order valence-electron chi connectivity index (χ1n) is 7.07. The number of likely N-dealkylation sites (N-methyl/N-ethyl adjacent to an activating group) is 1. The Morgan fingerprint density at radius 2 is 1.90 bits per heavy atom. The number of anilines is 2. The fourth-order valence-electron chi connectivity index (χ4n) is 2.80. The Morgan fingerprint density at radius 3 is 2.67 bits per heavy atom. The highest BCUT2D eigenvalue weighted by atomic mass is 35.5. The molecular formula is C16H19ClN4. The summed E-state index contributed by atoms with van der Waals surface area (Å²) in [6.07, 6.45) is 0. The summed E-state index contributed by atoms with van der Waals surface area (Å²) >= 11 is 6.05. The normalized spacial score (nSPS) is 19.7. The number of pyridine rings is 1. The summed E-state index contributed by atoms with van der Waals surface area (Å²) in [5, 5.41) is 0.477. The second kappa shape index (κ2) is 5.92. The van der Waals surface area contributed by atoms with Crippen molar-refractivity contribution in [2.24, 2.45) is 0 Å². The van der Waals surface area contributed by atoms with Gasteiger partial charge in [0.15, 0.2) is 5.82 Å². The van der Waals surface area contributed by atoms with Crippen molar-refractivity contribution in [2.45, 2.75) is 6.04 Å². The van der Waals surface area contributed by atoms with Crippen LogP contribution in [0.15, 0.2) is 42.5 Å². The van der Waals surface area contributed by atoms with Gasteiger partial charge in [-0.3, -0.25) is 0 Å². The van der Waals surface area contributed by atoms with Gasteiger partial charge in [-0.15, -0.1) is 0 Å². The van der Waals surface area contributed by atoms with E-state index in [1.165, 1.54) is 5.56 Å². The average molecular weight is 303 g/mol. The number of nitrogen functional groups attached to an aromatic ring is 1. The van der Waals surface area contributed by atoms with Gasteiger partial charge in [0.1, 0.15) is 5.15 Å². The summed E-state index contributed by atoms with van der Waals surface area (Å²) in [5.41, 5.74) is 8.06. The van der Waals surface area contributed by atoms with E-state index < -0.39 is 0 Å². The van der Waals surface area contributed by atoms with Crippen LogP contribution in [-0.2, 0) is 0 Å². The van der Waals surface area contributed by atoms with E-state index in [2.05, 4.69) is 46.1 Å². The van der Waals surface area contributed by atoms with E-state index in [9.17, 15) is 0 Å². The molecule has 1 unspecified atom stereocenters. The lowest BCUT2D eigenvalue weighted by molar-refractivity contribution is 0.268. The molecule has 0 spiro atoms. The number of rotatable bonds is 2. The van der Waals surface area contributed by atoms with Gasteiger partial charge in [-0.2, -0.15) is 0 Å². The highest BCUT2D eigenvalue weighted by Crippen LogP contribution is 2.33. The van der Waals surface area contributed by atoms with Crippen LogP contribution in [0.1, 0.15) is 11.6 Å². The predicted octanol–water partition coefficient (Wildman–Crippen LogP) is 2.81. The van der Waals surface area contributed by atoms with Crippen molar-refractivity contribution in [3.05, 3.63) is 53.2 Å². The number of hydrogen-bond acceptors (Lipinski definition) is 4. The summed E-state index contributed by atoms with van der Waals surface area (Å²) < 4.78 is 0. The zero-order valence-corrected chi connectivity index (χ0v) is 12.8. The number of hydrogen-bond donors (Lipinski definition) is 1. The summed E-state index contributed by atoms with van der Waals surface area (Å²) in [4.78, 5) is 9.03. The zero-order valence-electron chi connectivity index (χ0n) is 12.0. The Morgan fingerprint density at radius 1 is 1.14 bits per heavy atom. The fraction of sp³-hybridized carbons (Fsp3) is 0.312. The van der Waals surface area contributed by atoms with Gasteiger partial charge in [0, 0.05) is 19.6 Å². The third-order valence-electron chi connectivity index (χ3n) is 3.91. The van der Waals surface area contributed by atoms with Crippen molar-refractivity contribution in [2.75, 3.05) is 37.3 Å². The molecule has 1 aromatic heterocycles. The lowest BCUT2D eigenvalue weighted by atomic mass is 10.0. The number of piperazine rings is 1. The molecule has 5 heteroatoms. The minimum Gasteiger partial charge on any atom is -0.396 e. The maximum atomic E-state index is 6.12. The van der Waals surface area contributed by atoms with Crippen molar-refractivity contribution in [1.29, 1.82) is 0 Å². The first-order valence-corrected chi connectivity index (χ1v) is 7.45. The number of nitrogens with zero attached hydrogens (tertiary/aromatic N) is 3. The van der Waals surface area contributed by atoms with Crippen molar-refractivity contribution < 1.29 is 0 Å². The molecule has 1 aliphatic heterocycles. The third kappa shape index (κ3) is 2.96. The minimum atomic E-state index is 0.234. The first kappa shape index (κ1) is 14.2. The van der Waals surface area contributed by atoms with Crippen molar-refractivity contribution in [1.82, 2.24) is 9.88 Å². The van der Waals surface area contributed by atoms with Crippen LogP contribution in [-0.4, -0.2) is 36.6 Å². The van der Waals surface area contributed by atoms with Crippen LogP contribution in [0, 0.1) is 0 Å². The molecule has 1 saturated heterocycles. The second-order valence-corrected chi connectivity index (χ2v) is 5.82. The van der Waals surface area contributed by atoms with Crippen LogP contribution < -0.4 is 10.6 Å². The van der Waals surface area contributed by atoms with Crippen LogP contribution in [0.4, 0.5) is 11.5 Å². The molecule has 1 aliphatic rings. The molecule has 0 saturated carbocycles. The summed E-state index contributed by atoms with van der Waals surface area (Å²) in [6, 6.07) is 14.3. The number of benzene rings is 1. The summed E-state index contributed by atoms with van der Waals surface area (Å²) in [6.45, 7) is 2.81. The van der Waals surface area contributed by atoms with Gasteiger partial charge in [0.05, 0.1) is 11.7 Å². The fourth-order valence-corrected chi connectivity index (χ4v) is 2.94. The van der Waals surface area contributed by atoms with Crippen LogP contribution in [0.5, 0.6) is 0 Å². The van der Waals surface area contributed by atoms with Gasteiger partial charge in [0.25, 0.3) is 0 Å². The van der Waals surface area contributed by atoms with E-state index in [1.54, 1.807) is 6.07 Å². The monoisotopic (exact) mass is 302 g/mol. The van der Waals surface area contributed by atoms with Crippen molar-refractivity contribution in [3.63, 3.8) is 0 Å².